The van der Waals surface area contributed by atoms with Crippen LogP contribution in [0.4, 0.5) is 0 Å². The number of carbonyl (C=O) groups excluding carboxylic acids is 1. The average Bonchev–Trinajstić information content (AvgIpc) is 2.92. The molecule has 0 spiro atoms. The minimum Gasteiger partial charge on any atom is -0.489 e. The van der Waals surface area contributed by atoms with Crippen LogP contribution in [0.3, 0.4) is 0 Å². The normalized spacial score (nSPS) is 22.0. The van der Waals surface area contributed by atoms with E-state index < -0.39 is 0 Å². The molecule has 0 saturated carbocycles. The fraction of sp³-hybridized carbons (Fsp3) is 0.278. The number of rotatable bonds is 1. The first-order chi connectivity index (χ1) is 9.83. The SMILES string of the molecule is O=C1CCCC2=C1CC(c1cccc3ccccc13)O2. The molecule has 0 fully saturated rings. The predicted molar refractivity (Wildman–Crippen MR) is 78.3 cm³/mol. The van der Waals surface area contributed by atoms with E-state index in [0.717, 1.165) is 30.6 Å². The molecule has 1 aliphatic carbocycles. The van der Waals surface area contributed by atoms with E-state index in [1.807, 2.05) is 0 Å². The molecule has 0 N–H and O–H groups in total. The molecule has 1 atom stereocenters. The lowest BCUT2D eigenvalue weighted by Crippen LogP contribution is -2.07. The van der Waals surface area contributed by atoms with Crippen LogP contribution in [-0.2, 0) is 9.53 Å². The second-order valence-electron chi connectivity index (χ2n) is 5.56. The second kappa shape index (κ2) is 4.48. The van der Waals surface area contributed by atoms with Gasteiger partial charge in [-0.2, -0.15) is 0 Å². The molecule has 20 heavy (non-hydrogen) atoms. The summed E-state index contributed by atoms with van der Waals surface area (Å²) in [5.74, 6) is 1.23. The molecule has 2 aliphatic rings. The van der Waals surface area contributed by atoms with Crippen molar-refractivity contribution in [3.63, 3.8) is 0 Å². The van der Waals surface area contributed by atoms with E-state index in [1.165, 1.54) is 16.3 Å². The third-order valence-corrected chi connectivity index (χ3v) is 4.33. The van der Waals surface area contributed by atoms with Crippen LogP contribution in [0, 0.1) is 0 Å². The number of allylic oxidation sites excluding steroid dienone is 1. The Morgan fingerprint density at radius 2 is 1.85 bits per heavy atom. The summed E-state index contributed by atoms with van der Waals surface area (Å²) in [6.07, 6.45) is 3.28. The van der Waals surface area contributed by atoms with E-state index in [0.29, 0.717) is 6.42 Å². The molecule has 2 heteroatoms. The molecular weight excluding hydrogens is 248 g/mol. The van der Waals surface area contributed by atoms with Crippen molar-refractivity contribution in [3.05, 3.63) is 59.4 Å². The van der Waals surface area contributed by atoms with Crippen molar-refractivity contribution in [3.8, 4) is 0 Å². The number of benzene rings is 2. The third kappa shape index (κ3) is 1.75. The van der Waals surface area contributed by atoms with Crippen LogP contribution in [0.1, 0.15) is 37.4 Å². The van der Waals surface area contributed by atoms with Gasteiger partial charge in [-0.1, -0.05) is 42.5 Å². The summed E-state index contributed by atoms with van der Waals surface area (Å²) in [7, 11) is 0. The summed E-state index contributed by atoms with van der Waals surface area (Å²) in [5.41, 5.74) is 2.14. The lowest BCUT2D eigenvalue weighted by molar-refractivity contribution is -0.116. The minimum atomic E-state index is 0.00755. The van der Waals surface area contributed by atoms with Crippen molar-refractivity contribution in [2.24, 2.45) is 0 Å². The number of hydrogen-bond donors (Lipinski definition) is 0. The Balaban J connectivity index is 1.74. The summed E-state index contributed by atoms with van der Waals surface area (Å²) in [6.45, 7) is 0. The van der Waals surface area contributed by atoms with Gasteiger partial charge >= 0.3 is 0 Å². The first-order valence-electron chi connectivity index (χ1n) is 7.22. The van der Waals surface area contributed by atoms with Gasteiger partial charge in [-0.05, 0) is 17.2 Å². The summed E-state index contributed by atoms with van der Waals surface area (Å²) < 4.78 is 6.09. The monoisotopic (exact) mass is 264 g/mol. The summed E-state index contributed by atoms with van der Waals surface area (Å²) in [5, 5.41) is 2.46. The van der Waals surface area contributed by atoms with Crippen molar-refractivity contribution < 1.29 is 9.53 Å². The van der Waals surface area contributed by atoms with Crippen molar-refractivity contribution in [2.75, 3.05) is 0 Å². The first kappa shape index (κ1) is 11.7. The molecule has 1 unspecified atom stereocenters. The van der Waals surface area contributed by atoms with Gasteiger partial charge < -0.3 is 4.74 Å². The molecule has 0 bridgehead atoms. The van der Waals surface area contributed by atoms with Gasteiger partial charge in [0.1, 0.15) is 11.9 Å². The first-order valence-corrected chi connectivity index (χ1v) is 7.22. The van der Waals surface area contributed by atoms with Gasteiger partial charge in [-0.25, -0.2) is 0 Å². The standard InChI is InChI=1S/C18H16O2/c19-16-9-4-10-17-15(16)11-18(20-17)14-8-3-6-12-5-1-2-7-13(12)14/h1-3,5-8,18H,4,9-11H2. The Kier molecular flexibility index (Phi) is 2.62. The van der Waals surface area contributed by atoms with Crippen LogP contribution in [0.2, 0.25) is 0 Å². The fourth-order valence-electron chi connectivity index (χ4n) is 3.33. The maximum absolute atomic E-state index is 12.0. The van der Waals surface area contributed by atoms with Crippen LogP contribution >= 0.6 is 0 Å². The maximum atomic E-state index is 12.0. The Bertz CT molecular complexity index is 722. The summed E-state index contributed by atoms with van der Waals surface area (Å²) in [6, 6.07) is 14.7. The van der Waals surface area contributed by atoms with Crippen LogP contribution in [0.5, 0.6) is 0 Å². The van der Waals surface area contributed by atoms with Gasteiger partial charge in [0.15, 0.2) is 5.78 Å². The van der Waals surface area contributed by atoms with E-state index >= 15 is 0 Å². The molecule has 0 radical (unpaired) electrons. The van der Waals surface area contributed by atoms with E-state index in [-0.39, 0.29) is 11.9 Å². The molecule has 0 amide bonds. The van der Waals surface area contributed by atoms with Gasteiger partial charge in [0, 0.05) is 30.4 Å². The Hall–Kier alpha value is -2.09. The van der Waals surface area contributed by atoms with Crippen molar-refractivity contribution in [1.29, 1.82) is 0 Å². The number of carbonyl (C=O) groups is 1. The number of Topliss-reactive ketones (excluding diaryl/α,β-unsaturated/α-hetero) is 1. The van der Waals surface area contributed by atoms with Crippen molar-refractivity contribution >= 4 is 16.6 Å². The largest absolute Gasteiger partial charge is 0.489 e. The second-order valence-corrected chi connectivity index (χ2v) is 5.56. The molecule has 2 aromatic carbocycles. The molecular formula is C18H16O2. The fourth-order valence-corrected chi connectivity index (χ4v) is 3.33. The highest BCUT2D eigenvalue weighted by molar-refractivity contribution is 5.97. The van der Waals surface area contributed by atoms with E-state index in [1.54, 1.807) is 0 Å². The van der Waals surface area contributed by atoms with Crippen LogP contribution in [-0.4, -0.2) is 5.78 Å². The van der Waals surface area contributed by atoms with Gasteiger partial charge in [-0.15, -0.1) is 0 Å². The molecule has 4 rings (SSSR count). The van der Waals surface area contributed by atoms with Crippen LogP contribution < -0.4 is 0 Å². The smallest absolute Gasteiger partial charge is 0.162 e. The van der Waals surface area contributed by atoms with Crippen LogP contribution in [0.25, 0.3) is 10.8 Å². The number of ether oxygens (including phenoxy) is 1. The zero-order chi connectivity index (χ0) is 13.5. The van der Waals surface area contributed by atoms with Crippen LogP contribution in [0.15, 0.2) is 53.8 Å². The minimum absolute atomic E-state index is 0.00755. The molecule has 0 saturated heterocycles. The Labute approximate surface area is 118 Å². The Morgan fingerprint density at radius 3 is 2.75 bits per heavy atom. The molecule has 2 nitrogen and oxygen atoms in total. The van der Waals surface area contributed by atoms with Gasteiger partial charge in [0.2, 0.25) is 0 Å². The predicted octanol–water partition coefficient (Wildman–Crippen LogP) is 4.31. The lowest BCUT2D eigenvalue weighted by atomic mass is 9.92. The van der Waals surface area contributed by atoms with Gasteiger partial charge in [0.25, 0.3) is 0 Å². The molecule has 1 heterocycles. The van der Waals surface area contributed by atoms with Gasteiger partial charge in [0.05, 0.1) is 0 Å². The summed E-state index contributed by atoms with van der Waals surface area (Å²) in [4.78, 5) is 12.0. The van der Waals surface area contributed by atoms with Crippen molar-refractivity contribution in [1.82, 2.24) is 0 Å². The van der Waals surface area contributed by atoms with Gasteiger partial charge in [-0.3, -0.25) is 4.79 Å². The molecule has 1 aliphatic heterocycles. The van der Waals surface area contributed by atoms with Crippen molar-refractivity contribution in [2.45, 2.75) is 31.8 Å². The lowest BCUT2D eigenvalue weighted by Gasteiger charge is -2.16. The van der Waals surface area contributed by atoms with E-state index in [9.17, 15) is 4.79 Å². The maximum Gasteiger partial charge on any atom is 0.162 e. The average molecular weight is 264 g/mol. The quantitative estimate of drug-likeness (QED) is 0.767. The topological polar surface area (TPSA) is 26.3 Å². The number of hydrogen-bond acceptors (Lipinski definition) is 2. The summed E-state index contributed by atoms with van der Waals surface area (Å²) >= 11 is 0. The number of ketones is 1. The molecule has 2 aromatic rings. The highest BCUT2D eigenvalue weighted by atomic mass is 16.5. The van der Waals surface area contributed by atoms with E-state index in [2.05, 4.69) is 42.5 Å². The highest BCUT2D eigenvalue weighted by Crippen LogP contribution is 2.42. The molecule has 100 valence electrons. The zero-order valence-corrected chi connectivity index (χ0v) is 11.3. The van der Waals surface area contributed by atoms with E-state index in [4.69, 9.17) is 4.74 Å². The Morgan fingerprint density at radius 1 is 1.00 bits per heavy atom. The zero-order valence-electron chi connectivity index (χ0n) is 11.3. The molecule has 0 aromatic heterocycles. The highest BCUT2D eigenvalue weighted by Gasteiger charge is 2.33. The third-order valence-electron chi connectivity index (χ3n) is 4.33. The number of fused-ring (bicyclic) bond motifs is 1.